The molecule has 0 aromatic heterocycles. The molecule has 0 unspecified atom stereocenters. The monoisotopic (exact) mass is 279 g/mol. The number of hydrogen-bond acceptors (Lipinski definition) is 4. The summed E-state index contributed by atoms with van der Waals surface area (Å²) in [6.07, 6.45) is 0. The van der Waals surface area contributed by atoms with Crippen LogP contribution >= 0.6 is 0 Å². The standard InChI is InChI=1S/C17H13NO3/c1-12(2)17(19)21-15-10-6-7-13(11-18)16(15)20-14-8-4-3-5-9-14/h3-10H,1H2,2H3. The molecule has 104 valence electrons. The zero-order valence-corrected chi connectivity index (χ0v) is 11.5. The Hall–Kier alpha value is -3.06. The first-order valence-corrected chi connectivity index (χ1v) is 6.25. The summed E-state index contributed by atoms with van der Waals surface area (Å²) in [5.41, 5.74) is 0.550. The lowest BCUT2D eigenvalue weighted by Crippen LogP contribution is -2.09. The SMILES string of the molecule is C=C(C)C(=O)Oc1cccc(C#N)c1Oc1ccccc1. The zero-order chi connectivity index (χ0) is 15.2. The molecule has 0 radical (unpaired) electrons. The minimum atomic E-state index is -0.567. The second kappa shape index (κ2) is 6.40. The van der Waals surface area contributed by atoms with Gasteiger partial charge in [0.15, 0.2) is 11.5 Å². The molecule has 0 amide bonds. The van der Waals surface area contributed by atoms with E-state index >= 15 is 0 Å². The predicted octanol–water partition coefficient (Wildman–Crippen LogP) is 3.83. The highest BCUT2D eigenvalue weighted by Crippen LogP contribution is 2.35. The van der Waals surface area contributed by atoms with Gasteiger partial charge in [-0.05, 0) is 31.2 Å². The van der Waals surface area contributed by atoms with Crippen molar-refractivity contribution in [1.82, 2.24) is 0 Å². The third-order valence-electron chi connectivity index (χ3n) is 2.61. The molecule has 0 saturated heterocycles. The van der Waals surface area contributed by atoms with Gasteiger partial charge >= 0.3 is 5.97 Å². The van der Waals surface area contributed by atoms with Crippen molar-refractivity contribution in [3.63, 3.8) is 0 Å². The van der Waals surface area contributed by atoms with Crippen LogP contribution in [0.4, 0.5) is 0 Å². The van der Waals surface area contributed by atoms with Crippen LogP contribution in [0.15, 0.2) is 60.7 Å². The molecule has 4 nitrogen and oxygen atoms in total. The van der Waals surface area contributed by atoms with Gasteiger partial charge in [0.25, 0.3) is 0 Å². The zero-order valence-electron chi connectivity index (χ0n) is 11.5. The molecule has 0 aliphatic heterocycles. The second-order valence-corrected chi connectivity index (χ2v) is 4.33. The van der Waals surface area contributed by atoms with Gasteiger partial charge in [0, 0.05) is 5.57 Å². The Balaban J connectivity index is 2.39. The Kier molecular flexibility index (Phi) is 4.37. The van der Waals surface area contributed by atoms with Crippen LogP contribution in [0.3, 0.4) is 0 Å². The van der Waals surface area contributed by atoms with Crippen LogP contribution in [-0.4, -0.2) is 5.97 Å². The lowest BCUT2D eigenvalue weighted by Gasteiger charge is -2.12. The molecular formula is C17H13NO3. The number of nitrogens with zero attached hydrogens (tertiary/aromatic N) is 1. The van der Waals surface area contributed by atoms with Crippen molar-refractivity contribution < 1.29 is 14.3 Å². The molecule has 2 rings (SSSR count). The van der Waals surface area contributed by atoms with Crippen molar-refractivity contribution in [1.29, 1.82) is 5.26 Å². The molecule has 0 heterocycles. The molecule has 21 heavy (non-hydrogen) atoms. The summed E-state index contributed by atoms with van der Waals surface area (Å²) < 4.78 is 10.9. The summed E-state index contributed by atoms with van der Waals surface area (Å²) in [4.78, 5) is 11.7. The molecule has 0 N–H and O–H groups in total. The van der Waals surface area contributed by atoms with E-state index in [1.54, 1.807) is 37.3 Å². The summed E-state index contributed by atoms with van der Waals surface area (Å²) in [6, 6.07) is 15.8. The Bertz CT molecular complexity index is 715. The molecular weight excluding hydrogens is 266 g/mol. The first kappa shape index (κ1) is 14.4. The topological polar surface area (TPSA) is 59.3 Å². The number of benzene rings is 2. The Morgan fingerprint density at radius 1 is 1.14 bits per heavy atom. The van der Waals surface area contributed by atoms with Gasteiger partial charge in [0.1, 0.15) is 11.8 Å². The van der Waals surface area contributed by atoms with Gasteiger partial charge in [-0.25, -0.2) is 4.79 Å². The maximum atomic E-state index is 11.7. The molecule has 0 spiro atoms. The first-order valence-electron chi connectivity index (χ1n) is 6.25. The number of esters is 1. The molecule has 0 bridgehead atoms. The Labute approximate surface area is 122 Å². The van der Waals surface area contributed by atoms with Crippen LogP contribution < -0.4 is 9.47 Å². The lowest BCUT2D eigenvalue weighted by molar-refractivity contribution is -0.130. The van der Waals surface area contributed by atoms with E-state index < -0.39 is 5.97 Å². The summed E-state index contributed by atoms with van der Waals surface area (Å²) in [6.45, 7) is 5.08. The fourth-order valence-electron chi connectivity index (χ4n) is 1.58. The van der Waals surface area contributed by atoms with Crippen LogP contribution in [0.25, 0.3) is 0 Å². The van der Waals surface area contributed by atoms with Gasteiger partial charge in [0.05, 0.1) is 5.56 Å². The smallest absolute Gasteiger partial charge is 0.338 e. The Morgan fingerprint density at radius 3 is 2.48 bits per heavy atom. The fraction of sp³-hybridized carbons (Fsp3) is 0.0588. The van der Waals surface area contributed by atoms with Gasteiger partial charge in [0.2, 0.25) is 0 Å². The summed E-state index contributed by atoms with van der Waals surface area (Å²) in [7, 11) is 0. The van der Waals surface area contributed by atoms with Crippen molar-refractivity contribution in [2.24, 2.45) is 0 Å². The van der Waals surface area contributed by atoms with E-state index in [0.29, 0.717) is 5.75 Å². The third kappa shape index (κ3) is 3.48. The van der Waals surface area contributed by atoms with Crippen LogP contribution in [-0.2, 0) is 4.79 Å². The number of carbonyl (C=O) groups excluding carboxylic acids is 1. The molecule has 4 heteroatoms. The highest BCUT2D eigenvalue weighted by Gasteiger charge is 2.15. The quantitative estimate of drug-likeness (QED) is 0.485. The molecule has 2 aromatic rings. The van der Waals surface area contributed by atoms with E-state index in [1.807, 2.05) is 24.3 Å². The number of rotatable bonds is 4. The fourth-order valence-corrected chi connectivity index (χ4v) is 1.58. The van der Waals surface area contributed by atoms with E-state index in [0.717, 1.165) is 0 Å². The number of para-hydroxylation sites is 2. The van der Waals surface area contributed by atoms with Gasteiger partial charge in [-0.1, -0.05) is 30.8 Å². The van der Waals surface area contributed by atoms with Gasteiger partial charge < -0.3 is 9.47 Å². The number of nitriles is 1. The molecule has 2 aromatic carbocycles. The van der Waals surface area contributed by atoms with Crippen molar-refractivity contribution in [3.8, 4) is 23.3 Å². The van der Waals surface area contributed by atoms with Gasteiger partial charge in [-0.2, -0.15) is 5.26 Å². The largest absolute Gasteiger partial charge is 0.452 e. The predicted molar refractivity (Wildman–Crippen MR) is 78.1 cm³/mol. The highest BCUT2D eigenvalue weighted by molar-refractivity contribution is 5.89. The van der Waals surface area contributed by atoms with Crippen molar-refractivity contribution in [2.45, 2.75) is 6.92 Å². The first-order chi connectivity index (χ1) is 10.1. The third-order valence-corrected chi connectivity index (χ3v) is 2.61. The normalized spacial score (nSPS) is 9.52. The van der Waals surface area contributed by atoms with Crippen molar-refractivity contribution in [3.05, 3.63) is 66.2 Å². The average Bonchev–Trinajstić information content (AvgIpc) is 2.49. The van der Waals surface area contributed by atoms with Crippen molar-refractivity contribution in [2.75, 3.05) is 0 Å². The Morgan fingerprint density at radius 2 is 1.86 bits per heavy atom. The number of hydrogen-bond donors (Lipinski definition) is 0. The number of ether oxygens (including phenoxy) is 2. The minimum Gasteiger partial charge on any atom is -0.452 e. The average molecular weight is 279 g/mol. The summed E-state index contributed by atoms with van der Waals surface area (Å²) >= 11 is 0. The maximum absolute atomic E-state index is 11.7. The van der Waals surface area contributed by atoms with Crippen LogP contribution in [0.5, 0.6) is 17.2 Å². The second-order valence-electron chi connectivity index (χ2n) is 4.33. The highest BCUT2D eigenvalue weighted by atomic mass is 16.6. The summed E-state index contributed by atoms with van der Waals surface area (Å²) in [5, 5.41) is 9.18. The summed E-state index contributed by atoms with van der Waals surface area (Å²) in [5.74, 6) is 0.377. The number of carbonyl (C=O) groups is 1. The molecule has 0 atom stereocenters. The van der Waals surface area contributed by atoms with Crippen LogP contribution in [0, 0.1) is 11.3 Å². The van der Waals surface area contributed by atoms with E-state index in [2.05, 4.69) is 6.58 Å². The minimum absolute atomic E-state index is 0.186. The molecule has 0 aliphatic carbocycles. The van der Waals surface area contributed by atoms with Crippen LogP contribution in [0.2, 0.25) is 0 Å². The van der Waals surface area contributed by atoms with Crippen molar-refractivity contribution >= 4 is 5.97 Å². The van der Waals surface area contributed by atoms with E-state index in [-0.39, 0.29) is 22.6 Å². The molecule has 0 aliphatic rings. The van der Waals surface area contributed by atoms with Gasteiger partial charge in [-0.15, -0.1) is 0 Å². The maximum Gasteiger partial charge on any atom is 0.338 e. The van der Waals surface area contributed by atoms with Crippen LogP contribution in [0.1, 0.15) is 12.5 Å². The molecule has 0 fully saturated rings. The van der Waals surface area contributed by atoms with E-state index in [4.69, 9.17) is 9.47 Å². The van der Waals surface area contributed by atoms with E-state index in [1.165, 1.54) is 0 Å². The van der Waals surface area contributed by atoms with E-state index in [9.17, 15) is 10.1 Å². The van der Waals surface area contributed by atoms with Gasteiger partial charge in [-0.3, -0.25) is 0 Å². The molecule has 0 saturated carbocycles. The lowest BCUT2D eigenvalue weighted by atomic mass is 10.2.